The smallest absolute Gasteiger partial charge is 0.263 e. The molecule has 0 spiro atoms. The Labute approximate surface area is 137 Å². The first-order chi connectivity index (χ1) is 11.2. The minimum atomic E-state index is -0.344. The molecule has 1 aromatic carbocycles. The fraction of sp³-hybridized carbons (Fsp3) is 0.412. The quantitative estimate of drug-likeness (QED) is 0.535. The summed E-state index contributed by atoms with van der Waals surface area (Å²) in [4.78, 5) is 14.3. The van der Waals surface area contributed by atoms with E-state index < -0.39 is 0 Å². The number of piperazine rings is 1. The number of hydrogen-bond acceptors (Lipinski definition) is 5. The lowest BCUT2D eigenvalue weighted by atomic mass is 10.2. The molecule has 3 N–H and O–H groups in total. The molecule has 1 saturated heterocycles. The van der Waals surface area contributed by atoms with Gasteiger partial charge in [-0.1, -0.05) is 18.2 Å². The number of carbonyl (C=O) groups is 1. The lowest BCUT2D eigenvalue weighted by Crippen LogP contribution is -2.46. The van der Waals surface area contributed by atoms with Crippen molar-refractivity contribution in [2.75, 3.05) is 44.6 Å². The largest absolute Gasteiger partial charge is 0.360 e. The predicted molar refractivity (Wildman–Crippen MR) is 90.8 cm³/mol. The summed E-state index contributed by atoms with van der Waals surface area (Å²) in [6, 6.07) is 9.67. The molecule has 0 atom stereocenters. The minimum Gasteiger partial charge on any atom is -0.360 e. The first kappa shape index (κ1) is 17.0. The number of amides is 1. The maximum Gasteiger partial charge on any atom is 0.263 e. The van der Waals surface area contributed by atoms with Crippen LogP contribution in [0.4, 0.5) is 5.69 Å². The first-order valence-electron chi connectivity index (χ1n) is 7.84. The van der Waals surface area contributed by atoms with Gasteiger partial charge in [-0.25, -0.2) is 0 Å². The summed E-state index contributed by atoms with van der Waals surface area (Å²) < 4.78 is 0. The van der Waals surface area contributed by atoms with Crippen molar-refractivity contribution in [3.63, 3.8) is 0 Å². The Morgan fingerprint density at radius 2 is 2.13 bits per heavy atom. The van der Waals surface area contributed by atoms with Gasteiger partial charge in [0, 0.05) is 51.2 Å². The average molecular weight is 313 g/mol. The van der Waals surface area contributed by atoms with Crippen LogP contribution in [0.15, 0.2) is 36.0 Å². The van der Waals surface area contributed by atoms with Crippen LogP contribution in [0.25, 0.3) is 0 Å². The van der Waals surface area contributed by atoms with E-state index in [9.17, 15) is 4.79 Å². The van der Waals surface area contributed by atoms with E-state index in [1.165, 1.54) is 6.20 Å². The highest BCUT2D eigenvalue weighted by atomic mass is 16.1. The van der Waals surface area contributed by atoms with Gasteiger partial charge in [-0.05, 0) is 18.6 Å². The third-order valence-electron chi connectivity index (χ3n) is 3.81. The van der Waals surface area contributed by atoms with Crippen molar-refractivity contribution in [1.82, 2.24) is 15.5 Å². The van der Waals surface area contributed by atoms with Gasteiger partial charge in [-0.2, -0.15) is 5.26 Å². The van der Waals surface area contributed by atoms with Crippen LogP contribution < -0.4 is 16.0 Å². The van der Waals surface area contributed by atoms with Crippen LogP contribution in [0.5, 0.6) is 0 Å². The fourth-order valence-corrected chi connectivity index (χ4v) is 2.39. The zero-order valence-electron chi connectivity index (χ0n) is 13.4. The second kappa shape index (κ2) is 8.93. The SMILES string of the molecule is Cc1ccccc1N/C=C(/C#N)C(=O)NCCN1CCNCC1. The van der Waals surface area contributed by atoms with Crippen LogP contribution in [0.2, 0.25) is 0 Å². The monoisotopic (exact) mass is 313 g/mol. The number of nitriles is 1. The summed E-state index contributed by atoms with van der Waals surface area (Å²) >= 11 is 0. The summed E-state index contributed by atoms with van der Waals surface area (Å²) in [6.45, 7) is 7.27. The van der Waals surface area contributed by atoms with Crippen LogP contribution in [-0.4, -0.2) is 50.1 Å². The van der Waals surface area contributed by atoms with Gasteiger partial charge in [-0.15, -0.1) is 0 Å². The average Bonchev–Trinajstić information content (AvgIpc) is 2.58. The lowest BCUT2D eigenvalue weighted by Gasteiger charge is -2.27. The third-order valence-corrected chi connectivity index (χ3v) is 3.81. The summed E-state index contributed by atoms with van der Waals surface area (Å²) in [5.41, 5.74) is 2.02. The molecule has 0 radical (unpaired) electrons. The van der Waals surface area contributed by atoms with E-state index in [0.29, 0.717) is 6.54 Å². The molecule has 1 aromatic rings. The molecule has 1 aliphatic heterocycles. The molecule has 1 amide bonds. The molecular weight excluding hydrogens is 290 g/mol. The highest BCUT2D eigenvalue weighted by Crippen LogP contribution is 2.13. The zero-order valence-corrected chi connectivity index (χ0v) is 13.4. The number of hydrogen-bond donors (Lipinski definition) is 3. The van der Waals surface area contributed by atoms with E-state index in [1.807, 2.05) is 37.3 Å². The first-order valence-corrected chi connectivity index (χ1v) is 7.84. The van der Waals surface area contributed by atoms with Gasteiger partial charge in [0.2, 0.25) is 0 Å². The molecule has 1 heterocycles. The second-order valence-electron chi connectivity index (χ2n) is 5.48. The van der Waals surface area contributed by atoms with Gasteiger partial charge in [0.15, 0.2) is 0 Å². The molecular formula is C17H23N5O. The van der Waals surface area contributed by atoms with Crippen LogP contribution in [0.1, 0.15) is 5.56 Å². The zero-order chi connectivity index (χ0) is 16.5. The number of anilines is 1. The molecule has 0 unspecified atom stereocenters. The molecule has 0 bridgehead atoms. The van der Waals surface area contributed by atoms with Crippen molar-refractivity contribution in [3.8, 4) is 6.07 Å². The molecule has 23 heavy (non-hydrogen) atoms. The third kappa shape index (κ3) is 5.40. The lowest BCUT2D eigenvalue weighted by molar-refractivity contribution is -0.117. The normalized spacial score (nSPS) is 15.7. The van der Waals surface area contributed by atoms with E-state index in [1.54, 1.807) is 0 Å². The van der Waals surface area contributed by atoms with Crippen LogP contribution in [0, 0.1) is 18.3 Å². The van der Waals surface area contributed by atoms with Crippen LogP contribution in [0.3, 0.4) is 0 Å². The Morgan fingerprint density at radius 1 is 1.39 bits per heavy atom. The fourth-order valence-electron chi connectivity index (χ4n) is 2.39. The van der Waals surface area contributed by atoms with E-state index in [4.69, 9.17) is 5.26 Å². The molecule has 0 aliphatic carbocycles. The number of aryl methyl sites for hydroxylation is 1. The molecule has 1 aliphatic rings. The Morgan fingerprint density at radius 3 is 2.83 bits per heavy atom. The van der Waals surface area contributed by atoms with Crippen molar-refractivity contribution < 1.29 is 4.79 Å². The molecule has 6 nitrogen and oxygen atoms in total. The van der Waals surface area contributed by atoms with Crippen molar-refractivity contribution >= 4 is 11.6 Å². The maximum absolute atomic E-state index is 12.0. The Kier molecular flexibility index (Phi) is 6.60. The van der Waals surface area contributed by atoms with Crippen molar-refractivity contribution in [3.05, 3.63) is 41.6 Å². The molecule has 0 aromatic heterocycles. The number of para-hydroxylation sites is 1. The van der Waals surface area contributed by atoms with E-state index in [-0.39, 0.29) is 11.5 Å². The Balaban J connectivity index is 1.82. The van der Waals surface area contributed by atoms with Gasteiger partial charge in [0.05, 0.1) is 0 Å². The van der Waals surface area contributed by atoms with Crippen LogP contribution >= 0.6 is 0 Å². The maximum atomic E-state index is 12.0. The molecule has 2 rings (SSSR count). The van der Waals surface area contributed by atoms with E-state index in [0.717, 1.165) is 44.0 Å². The summed E-state index contributed by atoms with van der Waals surface area (Å²) in [5, 5.41) is 18.3. The number of nitrogens with one attached hydrogen (secondary N) is 3. The number of benzene rings is 1. The molecule has 6 heteroatoms. The van der Waals surface area contributed by atoms with Gasteiger partial charge in [-0.3, -0.25) is 9.69 Å². The molecule has 1 fully saturated rings. The number of carbonyl (C=O) groups excluding carboxylic acids is 1. The Hall–Kier alpha value is -2.36. The summed E-state index contributed by atoms with van der Waals surface area (Å²) in [7, 11) is 0. The topological polar surface area (TPSA) is 80.2 Å². The van der Waals surface area contributed by atoms with Gasteiger partial charge in [0.25, 0.3) is 5.91 Å². The summed E-state index contributed by atoms with van der Waals surface area (Å²) in [5.74, 6) is -0.344. The number of nitrogens with zero attached hydrogens (tertiary/aromatic N) is 2. The van der Waals surface area contributed by atoms with Gasteiger partial charge in [0.1, 0.15) is 11.6 Å². The highest BCUT2D eigenvalue weighted by molar-refractivity contribution is 5.97. The minimum absolute atomic E-state index is 0.0774. The molecule has 122 valence electrons. The van der Waals surface area contributed by atoms with Crippen molar-refractivity contribution in [1.29, 1.82) is 5.26 Å². The Bertz CT molecular complexity index is 599. The van der Waals surface area contributed by atoms with Gasteiger partial charge < -0.3 is 16.0 Å². The van der Waals surface area contributed by atoms with E-state index in [2.05, 4.69) is 20.9 Å². The highest BCUT2D eigenvalue weighted by Gasteiger charge is 2.11. The predicted octanol–water partition coefficient (Wildman–Crippen LogP) is 0.836. The van der Waals surface area contributed by atoms with Crippen LogP contribution in [-0.2, 0) is 4.79 Å². The number of rotatable bonds is 6. The standard InChI is InChI=1S/C17H23N5O/c1-14-4-2-3-5-16(14)21-13-15(12-18)17(23)20-8-11-22-9-6-19-7-10-22/h2-5,13,19,21H,6-11H2,1H3,(H,20,23)/b15-13-. The second-order valence-corrected chi connectivity index (χ2v) is 5.48. The van der Waals surface area contributed by atoms with E-state index >= 15 is 0 Å². The van der Waals surface area contributed by atoms with Crippen molar-refractivity contribution in [2.45, 2.75) is 6.92 Å². The molecule has 0 saturated carbocycles. The van der Waals surface area contributed by atoms with Gasteiger partial charge >= 0.3 is 0 Å². The van der Waals surface area contributed by atoms with Crippen molar-refractivity contribution in [2.24, 2.45) is 0 Å². The summed E-state index contributed by atoms with van der Waals surface area (Å²) in [6.07, 6.45) is 1.46.